The van der Waals surface area contributed by atoms with Crippen LogP contribution in [0.5, 0.6) is 0 Å². The number of carbonyl (C=O) groups excluding carboxylic acids is 2. The summed E-state index contributed by atoms with van der Waals surface area (Å²) in [6.07, 6.45) is -0.530. The molecule has 1 atom stereocenters. The van der Waals surface area contributed by atoms with Gasteiger partial charge in [-0.15, -0.1) is 0 Å². The smallest absolute Gasteiger partial charge is 0.408 e. The van der Waals surface area contributed by atoms with Gasteiger partial charge in [-0.2, -0.15) is 0 Å². The van der Waals surface area contributed by atoms with E-state index in [0.29, 0.717) is 6.42 Å². The summed E-state index contributed by atoms with van der Waals surface area (Å²) in [7, 11) is 0. The number of carbonyl (C=O) groups is 2. The predicted octanol–water partition coefficient (Wildman–Crippen LogP) is 3.68. The number of hydrogen-bond acceptors (Lipinski definition) is 4. The normalized spacial score (nSPS) is 12.7. The van der Waals surface area contributed by atoms with Crippen molar-refractivity contribution >= 4 is 34.7 Å². The Morgan fingerprint density at radius 2 is 1.74 bits per heavy atom. The van der Waals surface area contributed by atoms with Crippen LogP contribution in [0, 0.1) is 3.57 Å². The zero-order valence-corrected chi connectivity index (χ0v) is 16.3. The van der Waals surface area contributed by atoms with Crippen LogP contribution < -0.4 is 5.32 Å². The van der Waals surface area contributed by atoms with Gasteiger partial charge in [0.05, 0.1) is 6.10 Å². The molecule has 0 heterocycles. The third-order valence-electron chi connectivity index (χ3n) is 2.68. The van der Waals surface area contributed by atoms with E-state index in [2.05, 4.69) is 27.9 Å². The van der Waals surface area contributed by atoms with E-state index >= 15 is 0 Å². The van der Waals surface area contributed by atoms with Gasteiger partial charge in [0, 0.05) is 9.99 Å². The van der Waals surface area contributed by atoms with Gasteiger partial charge >= 0.3 is 12.1 Å². The average Bonchev–Trinajstić information content (AvgIpc) is 2.37. The Hall–Kier alpha value is -1.31. The zero-order chi connectivity index (χ0) is 17.6. The highest BCUT2D eigenvalue weighted by molar-refractivity contribution is 14.1. The molecule has 0 aliphatic rings. The van der Waals surface area contributed by atoms with Crippen LogP contribution in [0.1, 0.15) is 40.2 Å². The topological polar surface area (TPSA) is 64.6 Å². The highest BCUT2D eigenvalue weighted by Crippen LogP contribution is 2.12. The molecule has 1 N–H and O–H groups in total. The summed E-state index contributed by atoms with van der Waals surface area (Å²) in [6.45, 7) is 8.86. The van der Waals surface area contributed by atoms with Gasteiger partial charge in [0.15, 0.2) is 0 Å². The van der Waals surface area contributed by atoms with Crippen LogP contribution in [0.3, 0.4) is 0 Å². The molecule has 0 aromatic heterocycles. The van der Waals surface area contributed by atoms with E-state index < -0.39 is 23.7 Å². The van der Waals surface area contributed by atoms with Crippen LogP contribution in [0.2, 0.25) is 0 Å². The fourth-order valence-corrected chi connectivity index (χ4v) is 2.17. The molecule has 0 saturated heterocycles. The van der Waals surface area contributed by atoms with Gasteiger partial charge in [-0.1, -0.05) is 12.1 Å². The van der Waals surface area contributed by atoms with E-state index in [1.54, 1.807) is 34.6 Å². The molecule has 0 spiro atoms. The molecule has 0 saturated carbocycles. The number of esters is 1. The van der Waals surface area contributed by atoms with Gasteiger partial charge in [0.1, 0.15) is 11.6 Å². The molecule has 6 heteroatoms. The fourth-order valence-electron chi connectivity index (χ4n) is 1.81. The summed E-state index contributed by atoms with van der Waals surface area (Å²) < 4.78 is 11.6. The van der Waals surface area contributed by atoms with E-state index in [-0.39, 0.29) is 6.10 Å². The lowest BCUT2D eigenvalue weighted by atomic mass is 10.1. The van der Waals surface area contributed by atoms with E-state index in [4.69, 9.17) is 9.47 Å². The fraction of sp³-hybridized carbons (Fsp3) is 0.529. The lowest BCUT2D eigenvalue weighted by molar-refractivity contribution is -0.149. The molecule has 5 nitrogen and oxygen atoms in total. The lowest BCUT2D eigenvalue weighted by Gasteiger charge is -2.23. The summed E-state index contributed by atoms with van der Waals surface area (Å²) in [5, 5.41) is 2.60. The summed E-state index contributed by atoms with van der Waals surface area (Å²) >= 11 is 2.21. The molecule has 1 rings (SSSR count). The first-order valence-corrected chi connectivity index (χ1v) is 8.59. The second-order valence-corrected chi connectivity index (χ2v) is 7.76. The first-order chi connectivity index (χ1) is 10.6. The van der Waals surface area contributed by atoms with Gasteiger partial charge in [0.2, 0.25) is 0 Å². The summed E-state index contributed by atoms with van der Waals surface area (Å²) in [4.78, 5) is 24.2. The monoisotopic (exact) mass is 433 g/mol. The molecular formula is C17H24INO4. The quantitative estimate of drug-likeness (QED) is 0.569. The van der Waals surface area contributed by atoms with Crippen molar-refractivity contribution < 1.29 is 19.1 Å². The van der Waals surface area contributed by atoms with Crippen molar-refractivity contribution in [1.82, 2.24) is 5.32 Å². The van der Waals surface area contributed by atoms with Gasteiger partial charge < -0.3 is 14.8 Å². The number of alkyl carbamates (subject to hydrolysis) is 1. The molecule has 0 radical (unpaired) electrons. The number of amides is 1. The van der Waals surface area contributed by atoms with Crippen molar-refractivity contribution in [2.45, 2.75) is 58.8 Å². The number of halogens is 1. The number of hydrogen-bond donors (Lipinski definition) is 1. The molecular weight excluding hydrogens is 409 g/mol. The van der Waals surface area contributed by atoms with Crippen LogP contribution in [-0.2, 0) is 20.7 Å². The maximum atomic E-state index is 12.2. The van der Waals surface area contributed by atoms with Gasteiger partial charge in [-0.3, -0.25) is 0 Å². The van der Waals surface area contributed by atoms with Gasteiger partial charge in [-0.05, 0) is 74.9 Å². The van der Waals surface area contributed by atoms with Gasteiger partial charge in [0.25, 0.3) is 0 Å². The summed E-state index contributed by atoms with van der Waals surface area (Å²) in [6, 6.07) is 6.97. The summed E-state index contributed by atoms with van der Waals surface area (Å²) in [5.74, 6) is -0.468. The predicted molar refractivity (Wildman–Crippen MR) is 97.2 cm³/mol. The van der Waals surface area contributed by atoms with Crippen molar-refractivity contribution in [3.8, 4) is 0 Å². The van der Waals surface area contributed by atoms with E-state index in [1.165, 1.54) is 0 Å². The molecule has 0 aliphatic heterocycles. The van der Waals surface area contributed by atoms with E-state index in [0.717, 1.165) is 9.13 Å². The lowest BCUT2D eigenvalue weighted by Crippen LogP contribution is -2.46. The Labute approximate surface area is 151 Å². The standard InChI is InChI=1S/C17H24INO4/c1-11(2)22-15(20)14(19-16(21)23-17(3,4)5)10-12-6-8-13(18)9-7-12/h6-9,11,14H,10H2,1-5H3,(H,19,21). The molecule has 0 fully saturated rings. The molecule has 1 aromatic carbocycles. The molecule has 1 amide bonds. The molecule has 0 bridgehead atoms. The number of nitrogens with one attached hydrogen (secondary N) is 1. The van der Waals surface area contributed by atoms with E-state index in [9.17, 15) is 9.59 Å². The minimum Gasteiger partial charge on any atom is -0.461 e. The Kier molecular flexibility index (Phi) is 7.31. The highest BCUT2D eigenvalue weighted by atomic mass is 127. The Morgan fingerprint density at radius 3 is 2.22 bits per heavy atom. The average molecular weight is 433 g/mol. The van der Waals surface area contributed by atoms with Crippen molar-refractivity contribution in [3.63, 3.8) is 0 Å². The number of ether oxygens (including phenoxy) is 2. The van der Waals surface area contributed by atoms with Crippen molar-refractivity contribution in [1.29, 1.82) is 0 Å². The van der Waals surface area contributed by atoms with Gasteiger partial charge in [-0.25, -0.2) is 9.59 Å². The Balaban J connectivity index is 2.82. The number of benzene rings is 1. The molecule has 0 aliphatic carbocycles. The second-order valence-electron chi connectivity index (χ2n) is 6.52. The molecule has 1 aromatic rings. The highest BCUT2D eigenvalue weighted by Gasteiger charge is 2.26. The zero-order valence-electron chi connectivity index (χ0n) is 14.2. The maximum Gasteiger partial charge on any atom is 0.408 e. The summed E-state index contributed by atoms with van der Waals surface area (Å²) in [5.41, 5.74) is 0.312. The molecule has 1 unspecified atom stereocenters. The second kappa shape index (κ2) is 8.52. The van der Waals surface area contributed by atoms with Crippen LogP contribution in [0.15, 0.2) is 24.3 Å². The van der Waals surface area contributed by atoms with Crippen LogP contribution >= 0.6 is 22.6 Å². The van der Waals surface area contributed by atoms with Crippen LogP contribution in [0.4, 0.5) is 4.79 Å². The van der Waals surface area contributed by atoms with E-state index in [1.807, 2.05) is 24.3 Å². The minimum absolute atomic E-state index is 0.248. The maximum absolute atomic E-state index is 12.2. The number of rotatable bonds is 5. The molecule has 128 valence electrons. The SMILES string of the molecule is CC(C)OC(=O)C(Cc1ccc(I)cc1)NC(=O)OC(C)(C)C. The third-order valence-corrected chi connectivity index (χ3v) is 3.40. The molecule has 23 heavy (non-hydrogen) atoms. The Morgan fingerprint density at radius 1 is 1.17 bits per heavy atom. The largest absolute Gasteiger partial charge is 0.461 e. The van der Waals surface area contributed by atoms with Crippen LogP contribution in [0.25, 0.3) is 0 Å². The first kappa shape index (κ1) is 19.7. The minimum atomic E-state index is -0.785. The first-order valence-electron chi connectivity index (χ1n) is 7.51. The van der Waals surface area contributed by atoms with Crippen molar-refractivity contribution in [2.24, 2.45) is 0 Å². The third kappa shape index (κ3) is 8.20. The Bertz CT molecular complexity index is 535. The van der Waals surface area contributed by atoms with Crippen molar-refractivity contribution in [3.05, 3.63) is 33.4 Å². The van der Waals surface area contributed by atoms with Crippen molar-refractivity contribution in [2.75, 3.05) is 0 Å². The van der Waals surface area contributed by atoms with Crippen LogP contribution in [-0.4, -0.2) is 29.8 Å².